The maximum atomic E-state index is 12.0. The van der Waals surface area contributed by atoms with Crippen LogP contribution in [-0.4, -0.2) is 29.0 Å². The first-order chi connectivity index (χ1) is 10.5. The average molecular weight is 302 g/mol. The Balaban J connectivity index is 2.15. The molecule has 0 radical (unpaired) electrons. The fourth-order valence-corrected chi connectivity index (χ4v) is 2.13. The summed E-state index contributed by atoms with van der Waals surface area (Å²) in [7, 11) is 0. The van der Waals surface area contributed by atoms with E-state index in [-0.39, 0.29) is 5.69 Å². The highest BCUT2D eigenvalue weighted by Crippen LogP contribution is 2.17. The van der Waals surface area contributed by atoms with Gasteiger partial charge in [-0.15, -0.1) is 0 Å². The summed E-state index contributed by atoms with van der Waals surface area (Å²) < 4.78 is 0. The van der Waals surface area contributed by atoms with Crippen molar-refractivity contribution in [2.75, 3.05) is 23.3 Å². The Morgan fingerprint density at radius 3 is 2.27 bits per heavy atom. The maximum absolute atomic E-state index is 12.0. The van der Waals surface area contributed by atoms with Crippen molar-refractivity contribution in [3.63, 3.8) is 0 Å². The van der Waals surface area contributed by atoms with Crippen LogP contribution < -0.4 is 21.5 Å². The van der Waals surface area contributed by atoms with Crippen LogP contribution in [0, 0.1) is 0 Å². The Hall–Kier alpha value is -2.83. The summed E-state index contributed by atoms with van der Waals surface area (Å²) in [5.74, 6) is -0.543. The predicted molar refractivity (Wildman–Crippen MR) is 85.6 cm³/mol. The third-order valence-corrected chi connectivity index (χ3v) is 3.26. The molecule has 0 bridgehead atoms. The molecule has 0 aliphatic heterocycles. The van der Waals surface area contributed by atoms with Crippen LogP contribution in [0.3, 0.4) is 0 Å². The highest BCUT2D eigenvalue weighted by molar-refractivity contribution is 6.02. The summed E-state index contributed by atoms with van der Waals surface area (Å²) >= 11 is 0. The summed E-state index contributed by atoms with van der Waals surface area (Å²) in [6, 6.07) is 8.40. The van der Waals surface area contributed by atoms with Gasteiger partial charge in [0, 0.05) is 30.5 Å². The molecule has 22 heavy (non-hydrogen) atoms. The Kier molecular flexibility index (Phi) is 4.77. The Bertz CT molecular complexity index is 729. The van der Waals surface area contributed by atoms with Crippen LogP contribution in [0.1, 0.15) is 24.3 Å². The molecule has 0 saturated carbocycles. The Morgan fingerprint density at radius 2 is 1.73 bits per heavy atom. The van der Waals surface area contributed by atoms with E-state index in [1.54, 1.807) is 12.1 Å². The van der Waals surface area contributed by atoms with Gasteiger partial charge in [0.25, 0.3) is 11.5 Å². The first-order valence-corrected chi connectivity index (χ1v) is 7.03. The quantitative estimate of drug-likeness (QED) is 0.772. The molecule has 2 aromatic rings. The molecule has 1 aromatic carbocycles. The van der Waals surface area contributed by atoms with Gasteiger partial charge in [0.15, 0.2) is 0 Å². The SMILES string of the molecule is CCN(CC)c1ccc(NC(=O)c2cc(=O)[nH]c(=O)[nH]2)cc1. The van der Waals surface area contributed by atoms with E-state index in [1.165, 1.54) is 0 Å². The van der Waals surface area contributed by atoms with E-state index < -0.39 is 17.2 Å². The van der Waals surface area contributed by atoms with Crippen LogP contribution in [0.15, 0.2) is 39.9 Å². The van der Waals surface area contributed by atoms with Gasteiger partial charge in [-0.3, -0.25) is 14.6 Å². The molecule has 0 unspecified atom stereocenters. The molecule has 0 aliphatic carbocycles. The highest BCUT2D eigenvalue weighted by atomic mass is 16.2. The van der Waals surface area contributed by atoms with Crippen molar-refractivity contribution in [2.24, 2.45) is 0 Å². The number of anilines is 2. The number of nitrogens with zero attached hydrogens (tertiary/aromatic N) is 1. The highest BCUT2D eigenvalue weighted by Gasteiger charge is 2.09. The number of rotatable bonds is 5. The molecule has 0 atom stereocenters. The number of hydrogen-bond donors (Lipinski definition) is 3. The lowest BCUT2D eigenvalue weighted by molar-refractivity contribution is 0.102. The predicted octanol–water partition coefficient (Wildman–Crippen LogP) is 1.16. The monoisotopic (exact) mass is 302 g/mol. The molecule has 0 aliphatic rings. The molecule has 116 valence electrons. The second-order valence-electron chi connectivity index (χ2n) is 4.67. The van der Waals surface area contributed by atoms with Crippen LogP contribution >= 0.6 is 0 Å². The minimum Gasteiger partial charge on any atom is -0.372 e. The zero-order valence-corrected chi connectivity index (χ0v) is 12.5. The molecule has 0 spiro atoms. The van der Waals surface area contributed by atoms with Crippen molar-refractivity contribution >= 4 is 17.3 Å². The number of aromatic amines is 2. The Labute approximate surface area is 127 Å². The normalized spacial score (nSPS) is 10.3. The number of hydrogen-bond acceptors (Lipinski definition) is 4. The number of nitrogens with one attached hydrogen (secondary N) is 3. The Morgan fingerprint density at radius 1 is 1.09 bits per heavy atom. The molecule has 3 N–H and O–H groups in total. The lowest BCUT2D eigenvalue weighted by Crippen LogP contribution is -2.27. The van der Waals surface area contributed by atoms with Crippen LogP contribution in [-0.2, 0) is 0 Å². The van der Waals surface area contributed by atoms with Gasteiger partial charge in [0.1, 0.15) is 5.69 Å². The zero-order chi connectivity index (χ0) is 16.1. The van der Waals surface area contributed by atoms with Gasteiger partial charge in [0.05, 0.1) is 0 Å². The smallest absolute Gasteiger partial charge is 0.326 e. The van der Waals surface area contributed by atoms with E-state index in [4.69, 9.17) is 0 Å². The maximum Gasteiger partial charge on any atom is 0.326 e. The summed E-state index contributed by atoms with van der Waals surface area (Å²) in [5.41, 5.74) is 0.233. The van der Waals surface area contributed by atoms with Crippen molar-refractivity contribution in [3.8, 4) is 0 Å². The summed E-state index contributed by atoms with van der Waals surface area (Å²) in [6.45, 7) is 5.94. The van der Waals surface area contributed by atoms with E-state index in [0.717, 1.165) is 24.8 Å². The molecule has 1 heterocycles. The second kappa shape index (κ2) is 6.75. The van der Waals surface area contributed by atoms with Crippen LogP contribution in [0.4, 0.5) is 11.4 Å². The van der Waals surface area contributed by atoms with E-state index in [0.29, 0.717) is 5.69 Å². The lowest BCUT2D eigenvalue weighted by Gasteiger charge is -2.21. The van der Waals surface area contributed by atoms with Gasteiger partial charge in [-0.25, -0.2) is 4.79 Å². The van der Waals surface area contributed by atoms with Crippen molar-refractivity contribution < 1.29 is 4.79 Å². The molecular formula is C15H18N4O3. The van der Waals surface area contributed by atoms with Gasteiger partial charge in [-0.2, -0.15) is 0 Å². The number of carbonyl (C=O) groups is 1. The van der Waals surface area contributed by atoms with Gasteiger partial charge in [-0.05, 0) is 38.1 Å². The third kappa shape index (κ3) is 3.63. The number of H-pyrrole nitrogens is 2. The average Bonchev–Trinajstić information content (AvgIpc) is 2.49. The summed E-state index contributed by atoms with van der Waals surface area (Å²) in [6.07, 6.45) is 0. The van der Waals surface area contributed by atoms with E-state index >= 15 is 0 Å². The molecule has 0 saturated heterocycles. The molecule has 0 fully saturated rings. The first-order valence-electron chi connectivity index (χ1n) is 7.03. The number of benzene rings is 1. The topological polar surface area (TPSA) is 98.1 Å². The van der Waals surface area contributed by atoms with Crippen molar-refractivity contribution in [3.05, 3.63) is 56.9 Å². The molecule has 1 aromatic heterocycles. The van der Waals surface area contributed by atoms with Crippen molar-refractivity contribution in [2.45, 2.75) is 13.8 Å². The zero-order valence-electron chi connectivity index (χ0n) is 12.5. The van der Waals surface area contributed by atoms with Gasteiger partial charge < -0.3 is 15.2 Å². The van der Waals surface area contributed by atoms with E-state index in [9.17, 15) is 14.4 Å². The molecule has 7 heteroatoms. The molecule has 1 amide bonds. The van der Waals surface area contributed by atoms with Gasteiger partial charge >= 0.3 is 5.69 Å². The van der Waals surface area contributed by atoms with Crippen LogP contribution in [0.2, 0.25) is 0 Å². The van der Waals surface area contributed by atoms with Crippen LogP contribution in [0.25, 0.3) is 0 Å². The fourth-order valence-electron chi connectivity index (χ4n) is 2.13. The fraction of sp³-hybridized carbons (Fsp3) is 0.267. The first kappa shape index (κ1) is 15.6. The van der Waals surface area contributed by atoms with Gasteiger partial charge in [-0.1, -0.05) is 0 Å². The van der Waals surface area contributed by atoms with E-state index in [1.807, 2.05) is 17.1 Å². The summed E-state index contributed by atoms with van der Waals surface area (Å²) in [5, 5.41) is 2.63. The van der Waals surface area contributed by atoms with Crippen LogP contribution in [0.5, 0.6) is 0 Å². The van der Waals surface area contributed by atoms with Crippen molar-refractivity contribution in [1.29, 1.82) is 0 Å². The second-order valence-corrected chi connectivity index (χ2v) is 4.67. The third-order valence-electron chi connectivity index (χ3n) is 3.26. The standard InChI is InChI=1S/C15H18N4O3/c1-3-19(4-2)11-7-5-10(6-8-11)16-14(21)12-9-13(20)18-15(22)17-12/h5-9H,3-4H2,1-2H3,(H,16,21)(H2,17,18,20,22). The lowest BCUT2D eigenvalue weighted by atomic mass is 10.2. The molecule has 2 rings (SSSR count). The number of aromatic nitrogens is 2. The summed E-state index contributed by atoms with van der Waals surface area (Å²) in [4.78, 5) is 40.8. The van der Waals surface area contributed by atoms with E-state index in [2.05, 4.69) is 29.0 Å². The minimum absolute atomic E-state index is 0.0819. The molecule has 7 nitrogen and oxygen atoms in total. The largest absolute Gasteiger partial charge is 0.372 e. The number of carbonyl (C=O) groups excluding carboxylic acids is 1. The minimum atomic E-state index is -0.713. The number of amides is 1. The molecular weight excluding hydrogens is 284 g/mol. The van der Waals surface area contributed by atoms with Crippen molar-refractivity contribution in [1.82, 2.24) is 9.97 Å². The van der Waals surface area contributed by atoms with Gasteiger partial charge in [0.2, 0.25) is 0 Å².